The summed E-state index contributed by atoms with van der Waals surface area (Å²) in [4.78, 5) is 2.29. The number of methoxy groups -OCH3 is 1. The van der Waals surface area contributed by atoms with Gasteiger partial charge in [0.15, 0.2) is 0 Å². The fraction of sp³-hybridized carbons (Fsp3) is 0.500. The number of benzene rings is 1. The van der Waals surface area contributed by atoms with Gasteiger partial charge in [-0.25, -0.2) is 0 Å². The summed E-state index contributed by atoms with van der Waals surface area (Å²) >= 11 is 3.50. The molecule has 1 aromatic rings. The van der Waals surface area contributed by atoms with Crippen molar-refractivity contribution < 1.29 is 4.74 Å². The quantitative estimate of drug-likeness (QED) is 0.905. The third-order valence-electron chi connectivity index (χ3n) is 3.21. The summed E-state index contributed by atoms with van der Waals surface area (Å²) < 4.78 is 6.47. The lowest BCUT2D eigenvalue weighted by atomic mass is 10.00. The maximum atomic E-state index is 6.16. The van der Waals surface area contributed by atoms with Crippen molar-refractivity contribution in [3.05, 3.63) is 28.2 Å². The normalized spacial score (nSPS) is 26.0. The minimum Gasteiger partial charge on any atom is -0.496 e. The average molecular weight is 285 g/mol. The SMILES string of the molecule is COc1ccc(Br)cc1C1C(N)CCN1C. The average Bonchev–Trinajstić information content (AvgIpc) is 2.58. The number of nitrogens with zero attached hydrogens (tertiary/aromatic N) is 1. The van der Waals surface area contributed by atoms with Crippen LogP contribution in [0.15, 0.2) is 22.7 Å². The molecule has 2 atom stereocenters. The second-order valence-corrected chi connectivity index (χ2v) is 5.18. The predicted octanol–water partition coefficient (Wildman–Crippen LogP) is 2.16. The topological polar surface area (TPSA) is 38.5 Å². The van der Waals surface area contributed by atoms with Crippen molar-refractivity contribution in [2.45, 2.75) is 18.5 Å². The van der Waals surface area contributed by atoms with Gasteiger partial charge in [-0.2, -0.15) is 0 Å². The van der Waals surface area contributed by atoms with Crippen LogP contribution in [0.5, 0.6) is 5.75 Å². The van der Waals surface area contributed by atoms with E-state index < -0.39 is 0 Å². The van der Waals surface area contributed by atoms with E-state index in [0.29, 0.717) is 0 Å². The van der Waals surface area contributed by atoms with Gasteiger partial charge < -0.3 is 10.5 Å². The monoisotopic (exact) mass is 284 g/mol. The molecule has 0 amide bonds. The van der Waals surface area contributed by atoms with Crippen molar-refractivity contribution in [1.82, 2.24) is 4.90 Å². The molecule has 2 unspecified atom stereocenters. The third kappa shape index (κ3) is 2.10. The molecule has 2 N–H and O–H groups in total. The van der Waals surface area contributed by atoms with Gasteiger partial charge in [0.2, 0.25) is 0 Å². The third-order valence-corrected chi connectivity index (χ3v) is 3.70. The second kappa shape index (κ2) is 4.73. The minimum atomic E-state index is 0.188. The first kappa shape index (κ1) is 11.9. The minimum absolute atomic E-state index is 0.188. The summed E-state index contributed by atoms with van der Waals surface area (Å²) in [6.07, 6.45) is 1.04. The van der Waals surface area contributed by atoms with Crippen LogP contribution in [0.3, 0.4) is 0 Å². The Kier molecular flexibility index (Phi) is 3.52. The summed E-state index contributed by atoms with van der Waals surface area (Å²) in [6.45, 7) is 1.04. The van der Waals surface area contributed by atoms with Gasteiger partial charge in [-0.15, -0.1) is 0 Å². The maximum absolute atomic E-state index is 6.16. The molecule has 0 saturated carbocycles. The van der Waals surface area contributed by atoms with Crippen LogP contribution in [0.1, 0.15) is 18.0 Å². The second-order valence-electron chi connectivity index (χ2n) is 4.26. The Labute approximate surface area is 105 Å². The van der Waals surface area contributed by atoms with Crippen molar-refractivity contribution in [3.8, 4) is 5.75 Å². The first-order valence-electron chi connectivity index (χ1n) is 5.42. The van der Waals surface area contributed by atoms with Crippen molar-refractivity contribution in [3.63, 3.8) is 0 Å². The lowest BCUT2D eigenvalue weighted by Gasteiger charge is -2.25. The van der Waals surface area contributed by atoms with Crippen molar-refractivity contribution >= 4 is 15.9 Å². The highest BCUT2D eigenvalue weighted by molar-refractivity contribution is 9.10. The summed E-state index contributed by atoms with van der Waals surface area (Å²) in [5.41, 5.74) is 7.33. The summed E-state index contributed by atoms with van der Waals surface area (Å²) in [5.74, 6) is 0.914. The van der Waals surface area contributed by atoms with Gasteiger partial charge >= 0.3 is 0 Å². The highest BCUT2D eigenvalue weighted by atomic mass is 79.9. The zero-order valence-electron chi connectivity index (χ0n) is 9.61. The largest absolute Gasteiger partial charge is 0.496 e. The molecule has 1 aromatic carbocycles. The zero-order valence-corrected chi connectivity index (χ0v) is 11.2. The van der Waals surface area contributed by atoms with Crippen LogP contribution >= 0.6 is 15.9 Å². The Bertz CT molecular complexity index is 373. The van der Waals surface area contributed by atoms with Crippen molar-refractivity contribution in [2.75, 3.05) is 20.7 Å². The van der Waals surface area contributed by atoms with Gasteiger partial charge in [-0.1, -0.05) is 15.9 Å². The van der Waals surface area contributed by atoms with Gasteiger partial charge in [0.1, 0.15) is 5.75 Å². The summed E-state index contributed by atoms with van der Waals surface area (Å²) in [6, 6.07) is 6.52. The molecule has 0 radical (unpaired) electrons. The molecule has 1 aliphatic heterocycles. The van der Waals surface area contributed by atoms with Crippen LogP contribution in [-0.4, -0.2) is 31.6 Å². The van der Waals surface area contributed by atoms with Crippen LogP contribution in [0.25, 0.3) is 0 Å². The van der Waals surface area contributed by atoms with Gasteiger partial charge in [0, 0.05) is 22.6 Å². The highest BCUT2D eigenvalue weighted by Crippen LogP contribution is 2.36. The number of halogens is 1. The fourth-order valence-electron chi connectivity index (χ4n) is 2.38. The molecule has 2 rings (SSSR count). The Morgan fingerprint density at radius 3 is 2.81 bits per heavy atom. The fourth-order valence-corrected chi connectivity index (χ4v) is 2.76. The first-order chi connectivity index (χ1) is 7.63. The highest BCUT2D eigenvalue weighted by Gasteiger charge is 2.32. The Morgan fingerprint density at radius 2 is 2.25 bits per heavy atom. The standard InChI is InChI=1S/C12H17BrN2O/c1-15-6-5-10(14)12(15)9-7-8(13)3-4-11(9)16-2/h3-4,7,10,12H,5-6,14H2,1-2H3. The number of likely N-dealkylation sites (N-methyl/N-ethyl adjacent to an activating group) is 1. The number of ether oxygens (including phenoxy) is 1. The zero-order chi connectivity index (χ0) is 11.7. The number of likely N-dealkylation sites (tertiary alicyclic amines) is 1. The molecular weight excluding hydrogens is 268 g/mol. The molecule has 0 bridgehead atoms. The van der Waals surface area contributed by atoms with E-state index in [0.717, 1.165) is 23.2 Å². The number of rotatable bonds is 2. The molecule has 3 nitrogen and oxygen atoms in total. The van der Waals surface area contributed by atoms with Crippen LogP contribution < -0.4 is 10.5 Å². The number of hydrogen-bond donors (Lipinski definition) is 1. The summed E-state index contributed by atoms with van der Waals surface area (Å²) in [7, 11) is 3.81. The molecule has 0 spiro atoms. The molecule has 4 heteroatoms. The van der Waals surface area contributed by atoms with E-state index in [-0.39, 0.29) is 12.1 Å². The van der Waals surface area contributed by atoms with Crippen LogP contribution in [0, 0.1) is 0 Å². The van der Waals surface area contributed by atoms with E-state index in [9.17, 15) is 0 Å². The lowest BCUT2D eigenvalue weighted by Crippen LogP contribution is -2.29. The van der Waals surface area contributed by atoms with E-state index in [1.807, 2.05) is 12.1 Å². The Balaban J connectivity index is 2.41. The van der Waals surface area contributed by atoms with Crippen molar-refractivity contribution in [2.24, 2.45) is 5.73 Å². The summed E-state index contributed by atoms with van der Waals surface area (Å²) in [5, 5.41) is 0. The van der Waals surface area contributed by atoms with E-state index in [1.54, 1.807) is 7.11 Å². The molecule has 1 fully saturated rings. The maximum Gasteiger partial charge on any atom is 0.123 e. The molecule has 1 aliphatic rings. The van der Waals surface area contributed by atoms with Gasteiger partial charge in [-0.05, 0) is 31.7 Å². The number of nitrogens with two attached hydrogens (primary N) is 1. The Morgan fingerprint density at radius 1 is 1.50 bits per heavy atom. The van der Waals surface area contributed by atoms with Gasteiger partial charge in [0.25, 0.3) is 0 Å². The van der Waals surface area contributed by atoms with E-state index in [2.05, 4.69) is 33.9 Å². The van der Waals surface area contributed by atoms with Gasteiger partial charge in [-0.3, -0.25) is 4.90 Å². The van der Waals surface area contributed by atoms with E-state index in [1.165, 1.54) is 5.56 Å². The van der Waals surface area contributed by atoms with Crippen LogP contribution in [-0.2, 0) is 0 Å². The van der Waals surface area contributed by atoms with Crippen LogP contribution in [0.4, 0.5) is 0 Å². The molecule has 16 heavy (non-hydrogen) atoms. The number of hydrogen-bond acceptors (Lipinski definition) is 3. The lowest BCUT2D eigenvalue weighted by molar-refractivity contribution is 0.293. The molecule has 0 aliphatic carbocycles. The molecule has 1 saturated heterocycles. The Hall–Kier alpha value is -0.580. The first-order valence-corrected chi connectivity index (χ1v) is 6.22. The van der Waals surface area contributed by atoms with E-state index in [4.69, 9.17) is 10.5 Å². The molecule has 0 aromatic heterocycles. The van der Waals surface area contributed by atoms with E-state index >= 15 is 0 Å². The van der Waals surface area contributed by atoms with Crippen molar-refractivity contribution in [1.29, 1.82) is 0 Å². The smallest absolute Gasteiger partial charge is 0.123 e. The van der Waals surface area contributed by atoms with Gasteiger partial charge in [0.05, 0.1) is 13.2 Å². The van der Waals surface area contributed by atoms with Crippen LogP contribution in [0.2, 0.25) is 0 Å². The molecule has 88 valence electrons. The predicted molar refractivity (Wildman–Crippen MR) is 68.7 cm³/mol. The molecular formula is C12H17BrN2O. The molecule has 1 heterocycles.